The zero-order valence-corrected chi connectivity index (χ0v) is 16.0. The van der Waals surface area contributed by atoms with Gasteiger partial charge < -0.3 is 15.7 Å². The molecule has 23 heavy (non-hydrogen) atoms. The predicted octanol–water partition coefficient (Wildman–Crippen LogP) is 4.06. The molecule has 5 heteroatoms. The Bertz CT molecular complexity index is 263. The van der Waals surface area contributed by atoms with Crippen LogP contribution in [-0.4, -0.2) is 42.9 Å². The van der Waals surface area contributed by atoms with Crippen molar-refractivity contribution >= 4 is 5.97 Å². The largest absolute Gasteiger partial charge is 0.480 e. The Morgan fingerprint density at radius 3 is 1.91 bits per heavy atom. The molecule has 0 unspecified atom stereocenters. The van der Waals surface area contributed by atoms with Gasteiger partial charge in [-0.2, -0.15) is 5.06 Å². The summed E-state index contributed by atoms with van der Waals surface area (Å²) in [4.78, 5) is 15.2. The predicted molar refractivity (Wildman–Crippen MR) is 97.3 cm³/mol. The average molecular weight is 333 g/mol. The first-order valence-corrected chi connectivity index (χ1v) is 9.14. The maximum absolute atomic E-state index is 10.2. The van der Waals surface area contributed by atoms with E-state index in [1.54, 1.807) is 7.11 Å². The lowest BCUT2D eigenvalue weighted by molar-refractivity contribution is -0.139. The molecule has 0 aromatic rings. The fourth-order valence-corrected chi connectivity index (χ4v) is 2.06. The van der Waals surface area contributed by atoms with Crippen molar-refractivity contribution in [3.8, 4) is 0 Å². The highest BCUT2D eigenvalue weighted by Crippen LogP contribution is 2.08. The number of unbranched alkanes of at least 4 members (excludes halogenated alkanes) is 7. The summed E-state index contributed by atoms with van der Waals surface area (Å²) in [6.07, 6.45) is 11.8. The summed E-state index contributed by atoms with van der Waals surface area (Å²) >= 11 is 0. The SMILES string of the molecule is CCCCCCCCCCN(C)OC.CC[C@H](C)[C@H](N)C(=O)O. The normalized spacial score (nSPS) is 13.3. The Balaban J connectivity index is 0. The number of carboxylic acid groups (broad SMARTS) is 1. The van der Waals surface area contributed by atoms with Crippen molar-refractivity contribution in [2.45, 2.75) is 84.6 Å². The molecule has 5 nitrogen and oxygen atoms in total. The van der Waals surface area contributed by atoms with E-state index in [-0.39, 0.29) is 5.92 Å². The molecule has 2 atom stereocenters. The van der Waals surface area contributed by atoms with Crippen molar-refractivity contribution in [3.05, 3.63) is 0 Å². The van der Waals surface area contributed by atoms with Crippen LogP contribution < -0.4 is 5.73 Å². The first-order chi connectivity index (χ1) is 10.9. The van der Waals surface area contributed by atoms with E-state index in [1.165, 1.54) is 51.4 Å². The molecule has 0 heterocycles. The van der Waals surface area contributed by atoms with E-state index in [4.69, 9.17) is 15.7 Å². The second-order valence-electron chi connectivity index (χ2n) is 6.26. The van der Waals surface area contributed by atoms with E-state index in [0.29, 0.717) is 0 Å². The van der Waals surface area contributed by atoms with Gasteiger partial charge in [-0.15, -0.1) is 0 Å². The Labute approximate surface area is 143 Å². The van der Waals surface area contributed by atoms with Crippen LogP contribution in [0.2, 0.25) is 0 Å². The number of carboxylic acids is 1. The standard InChI is InChI=1S/C12H27NO.C6H13NO2/c1-4-5-6-7-8-9-10-11-12-13(2)14-3;1-3-4(2)5(7)6(8)9/h4-12H2,1-3H3;4-5H,3,7H2,1-2H3,(H,8,9)/t;4-,5-/m.0/s1. The van der Waals surface area contributed by atoms with Crippen LogP contribution in [0.5, 0.6) is 0 Å². The lowest BCUT2D eigenvalue weighted by Crippen LogP contribution is -2.36. The summed E-state index contributed by atoms with van der Waals surface area (Å²) in [5.41, 5.74) is 5.27. The molecule has 0 fully saturated rings. The van der Waals surface area contributed by atoms with E-state index in [2.05, 4.69) is 6.92 Å². The minimum absolute atomic E-state index is 0.0718. The smallest absolute Gasteiger partial charge is 0.320 e. The van der Waals surface area contributed by atoms with Gasteiger partial charge in [0.25, 0.3) is 0 Å². The quantitative estimate of drug-likeness (QED) is 0.393. The Morgan fingerprint density at radius 1 is 1.09 bits per heavy atom. The number of aliphatic carboxylic acids is 1. The first-order valence-electron chi connectivity index (χ1n) is 9.14. The van der Waals surface area contributed by atoms with Crippen LogP contribution in [0.25, 0.3) is 0 Å². The van der Waals surface area contributed by atoms with Crippen LogP contribution in [0.4, 0.5) is 0 Å². The molecule has 0 saturated carbocycles. The van der Waals surface area contributed by atoms with E-state index < -0.39 is 12.0 Å². The summed E-state index contributed by atoms with van der Waals surface area (Å²) in [5.74, 6) is -0.841. The third kappa shape index (κ3) is 17.5. The van der Waals surface area contributed by atoms with E-state index in [0.717, 1.165) is 13.0 Å². The molecule has 0 radical (unpaired) electrons. The molecule has 0 aliphatic carbocycles. The van der Waals surface area contributed by atoms with Gasteiger partial charge >= 0.3 is 5.97 Å². The van der Waals surface area contributed by atoms with Crippen LogP contribution in [0.1, 0.15) is 78.6 Å². The average Bonchev–Trinajstić information content (AvgIpc) is 2.55. The molecule has 140 valence electrons. The number of hydrogen-bond donors (Lipinski definition) is 2. The third-order valence-electron chi connectivity index (χ3n) is 4.18. The second kappa shape index (κ2) is 17.7. The van der Waals surface area contributed by atoms with E-state index in [9.17, 15) is 4.79 Å². The molecule has 0 bridgehead atoms. The molecule has 0 spiro atoms. The minimum Gasteiger partial charge on any atom is -0.480 e. The zero-order chi connectivity index (χ0) is 18.1. The molecule has 3 N–H and O–H groups in total. The number of nitrogens with two attached hydrogens (primary N) is 1. The van der Waals surface area contributed by atoms with Crippen LogP contribution in [0.3, 0.4) is 0 Å². The maximum Gasteiger partial charge on any atom is 0.320 e. The van der Waals surface area contributed by atoms with Gasteiger partial charge in [-0.05, 0) is 12.3 Å². The minimum atomic E-state index is -0.913. The zero-order valence-electron chi connectivity index (χ0n) is 16.0. The van der Waals surface area contributed by atoms with Gasteiger partial charge in [-0.3, -0.25) is 4.79 Å². The molecule has 0 aromatic carbocycles. The molecule has 0 rings (SSSR count). The van der Waals surface area contributed by atoms with Gasteiger partial charge in [0.15, 0.2) is 0 Å². The third-order valence-corrected chi connectivity index (χ3v) is 4.18. The number of hydrogen-bond acceptors (Lipinski definition) is 4. The van der Waals surface area contributed by atoms with Crippen LogP contribution in [0.15, 0.2) is 0 Å². The Kier molecular flexibility index (Phi) is 18.9. The van der Waals surface area contributed by atoms with Gasteiger partial charge in [-0.1, -0.05) is 72.1 Å². The molecule has 0 saturated heterocycles. The molecular formula is C18H40N2O3. The van der Waals surface area contributed by atoms with Gasteiger partial charge in [0.2, 0.25) is 0 Å². The molecule has 0 amide bonds. The lowest BCUT2D eigenvalue weighted by Gasteiger charge is -2.12. The number of nitrogens with zero attached hydrogens (tertiary/aromatic N) is 1. The number of carbonyl (C=O) groups is 1. The van der Waals surface area contributed by atoms with Crippen molar-refractivity contribution in [2.24, 2.45) is 11.7 Å². The highest BCUT2D eigenvalue weighted by molar-refractivity contribution is 5.73. The van der Waals surface area contributed by atoms with Gasteiger partial charge in [0.05, 0.1) is 7.11 Å². The second-order valence-corrected chi connectivity index (χ2v) is 6.26. The first kappa shape index (κ1) is 24.6. The van der Waals surface area contributed by atoms with Gasteiger partial charge in [0.1, 0.15) is 6.04 Å². The topological polar surface area (TPSA) is 75.8 Å². The van der Waals surface area contributed by atoms with Gasteiger partial charge in [-0.25, -0.2) is 0 Å². The molecule has 0 aliphatic rings. The highest BCUT2D eigenvalue weighted by atomic mass is 16.7. The van der Waals surface area contributed by atoms with Gasteiger partial charge in [0, 0.05) is 13.6 Å². The highest BCUT2D eigenvalue weighted by Gasteiger charge is 2.17. The van der Waals surface area contributed by atoms with Crippen molar-refractivity contribution in [2.75, 3.05) is 20.7 Å². The Morgan fingerprint density at radius 2 is 1.57 bits per heavy atom. The van der Waals surface area contributed by atoms with Crippen molar-refractivity contribution in [1.82, 2.24) is 5.06 Å². The van der Waals surface area contributed by atoms with Crippen LogP contribution in [0, 0.1) is 5.92 Å². The van der Waals surface area contributed by atoms with Crippen molar-refractivity contribution in [1.29, 1.82) is 0 Å². The van der Waals surface area contributed by atoms with E-state index >= 15 is 0 Å². The van der Waals surface area contributed by atoms with E-state index in [1.807, 2.05) is 26.0 Å². The number of rotatable bonds is 13. The summed E-state index contributed by atoms with van der Waals surface area (Å²) < 4.78 is 0. The molecular weight excluding hydrogens is 292 g/mol. The summed E-state index contributed by atoms with van der Waals surface area (Å²) in [5, 5.41) is 10.3. The summed E-state index contributed by atoms with van der Waals surface area (Å²) in [7, 11) is 3.71. The lowest BCUT2D eigenvalue weighted by atomic mass is 10.0. The fourth-order valence-electron chi connectivity index (χ4n) is 2.06. The maximum atomic E-state index is 10.2. The monoisotopic (exact) mass is 332 g/mol. The molecule has 0 aliphatic heterocycles. The summed E-state index contributed by atoms with van der Waals surface area (Å²) in [6.45, 7) is 7.08. The van der Waals surface area contributed by atoms with Crippen LogP contribution >= 0.6 is 0 Å². The fraction of sp³-hybridized carbons (Fsp3) is 0.944. The van der Waals surface area contributed by atoms with Crippen molar-refractivity contribution in [3.63, 3.8) is 0 Å². The van der Waals surface area contributed by atoms with Crippen molar-refractivity contribution < 1.29 is 14.7 Å². The van der Waals surface area contributed by atoms with Crippen LogP contribution in [-0.2, 0) is 9.63 Å². The number of hydroxylamine groups is 2. The summed E-state index contributed by atoms with van der Waals surface area (Å²) in [6, 6.07) is -0.699. The molecule has 0 aromatic heterocycles. The Hall–Kier alpha value is -0.650.